The third-order valence-corrected chi connectivity index (χ3v) is 5.01. The number of hydrogen-bond donors (Lipinski definition) is 1. The molecule has 0 saturated carbocycles. The van der Waals surface area contributed by atoms with E-state index in [1.54, 1.807) is 24.3 Å². The number of nitrogens with one attached hydrogen (secondary N) is 1. The van der Waals surface area contributed by atoms with Crippen LogP contribution in [-0.2, 0) is 14.4 Å². The summed E-state index contributed by atoms with van der Waals surface area (Å²) in [5.41, 5.74) is 0.413. The van der Waals surface area contributed by atoms with Crippen molar-refractivity contribution in [2.45, 2.75) is 25.3 Å². The van der Waals surface area contributed by atoms with Gasteiger partial charge in [-0.15, -0.1) is 0 Å². The predicted molar refractivity (Wildman–Crippen MR) is 80.8 cm³/mol. The number of rotatable bonds is 3. The number of carboxylic acids is 1. The fourth-order valence-electron chi connectivity index (χ4n) is 3.41. The smallest absolute Gasteiger partial charge is 0.292 e. The number of benzene rings is 1. The lowest BCUT2D eigenvalue weighted by Crippen LogP contribution is -3.17. The Labute approximate surface area is 138 Å². The van der Waals surface area contributed by atoms with Crippen LogP contribution < -0.4 is 14.9 Å². The minimum absolute atomic E-state index is 0.134. The van der Waals surface area contributed by atoms with Crippen LogP contribution in [0.4, 0.5) is 5.69 Å². The van der Waals surface area contributed by atoms with Crippen LogP contribution in [0.2, 0.25) is 5.02 Å². The number of likely N-dealkylation sites (tertiary alicyclic amines) is 1. The highest BCUT2D eigenvalue weighted by Gasteiger charge is 2.47. The van der Waals surface area contributed by atoms with E-state index in [-0.39, 0.29) is 18.2 Å². The Balaban J connectivity index is 1.75. The van der Waals surface area contributed by atoms with Gasteiger partial charge in [0.1, 0.15) is 0 Å². The number of amides is 2. The lowest BCUT2D eigenvalue weighted by molar-refractivity contribution is -0.920. The van der Waals surface area contributed by atoms with Gasteiger partial charge in [0, 0.05) is 24.7 Å². The molecule has 2 aliphatic heterocycles. The molecule has 2 fully saturated rings. The molecular formula is C16H17ClN2O4. The number of imide groups is 1. The highest BCUT2D eigenvalue weighted by atomic mass is 35.5. The number of nitrogens with zero attached hydrogens (tertiary/aromatic N) is 1. The van der Waals surface area contributed by atoms with Gasteiger partial charge in [0.05, 0.1) is 30.2 Å². The third kappa shape index (κ3) is 2.96. The molecule has 2 saturated heterocycles. The number of para-hydroxylation sites is 1. The van der Waals surface area contributed by atoms with Gasteiger partial charge in [0.2, 0.25) is 5.91 Å². The first-order valence-corrected chi connectivity index (χ1v) is 8.03. The quantitative estimate of drug-likeness (QED) is 0.719. The van der Waals surface area contributed by atoms with Gasteiger partial charge in [-0.25, -0.2) is 4.90 Å². The van der Waals surface area contributed by atoms with Crippen LogP contribution in [0.1, 0.15) is 19.3 Å². The van der Waals surface area contributed by atoms with E-state index in [0.29, 0.717) is 36.6 Å². The molecule has 0 unspecified atom stereocenters. The molecule has 3 rings (SSSR count). The monoisotopic (exact) mass is 336 g/mol. The standard InChI is InChI=1S/C16H17ClN2O4/c17-11-3-1-2-4-12(11)19-14(20)9-13(15(19)21)18-7-5-10(6-8-18)16(22)23/h1-4,10,13H,5-9H2,(H,22,23)/t13-/m0/s1. The Kier molecular flexibility index (Phi) is 4.37. The molecular weight excluding hydrogens is 320 g/mol. The third-order valence-electron chi connectivity index (χ3n) is 4.69. The summed E-state index contributed by atoms with van der Waals surface area (Å²) in [5, 5.41) is 11.3. The number of anilines is 1. The molecule has 23 heavy (non-hydrogen) atoms. The summed E-state index contributed by atoms with van der Waals surface area (Å²) >= 11 is 6.10. The van der Waals surface area contributed by atoms with Gasteiger partial charge in [-0.3, -0.25) is 9.59 Å². The molecule has 122 valence electrons. The lowest BCUT2D eigenvalue weighted by atomic mass is 9.96. The zero-order valence-electron chi connectivity index (χ0n) is 12.5. The van der Waals surface area contributed by atoms with Gasteiger partial charge in [0.15, 0.2) is 6.04 Å². The number of carbonyl (C=O) groups is 3. The number of quaternary nitrogens is 1. The minimum atomic E-state index is -1.03. The van der Waals surface area contributed by atoms with Gasteiger partial charge < -0.3 is 14.8 Å². The van der Waals surface area contributed by atoms with Gasteiger partial charge in [-0.05, 0) is 12.1 Å². The van der Waals surface area contributed by atoms with Gasteiger partial charge >= 0.3 is 0 Å². The van der Waals surface area contributed by atoms with Gasteiger partial charge in [-0.1, -0.05) is 23.7 Å². The summed E-state index contributed by atoms with van der Waals surface area (Å²) in [6, 6.07) is 6.31. The van der Waals surface area contributed by atoms with Crippen LogP contribution in [0, 0.1) is 5.92 Å². The fourth-order valence-corrected chi connectivity index (χ4v) is 3.63. The maximum atomic E-state index is 12.7. The minimum Gasteiger partial charge on any atom is -0.550 e. The van der Waals surface area contributed by atoms with E-state index in [1.807, 2.05) is 0 Å². The van der Waals surface area contributed by atoms with Crippen molar-refractivity contribution < 1.29 is 24.4 Å². The van der Waals surface area contributed by atoms with Crippen LogP contribution in [0.25, 0.3) is 0 Å². The number of halogens is 1. The molecule has 1 aromatic carbocycles. The lowest BCUT2D eigenvalue weighted by Gasteiger charge is -2.32. The fraction of sp³-hybridized carbons (Fsp3) is 0.438. The predicted octanol–water partition coefficient (Wildman–Crippen LogP) is -0.983. The van der Waals surface area contributed by atoms with Crippen molar-refractivity contribution in [3.8, 4) is 0 Å². The van der Waals surface area contributed by atoms with Crippen LogP contribution in [-0.4, -0.2) is 36.9 Å². The molecule has 6 nitrogen and oxygen atoms in total. The second-order valence-electron chi connectivity index (χ2n) is 6.03. The molecule has 1 N–H and O–H groups in total. The van der Waals surface area contributed by atoms with E-state index in [4.69, 9.17) is 11.6 Å². The number of hydrogen-bond acceptors (Lipinski definition) is 4. The van der Waals surface area contributed by atoms with E-state index in [1.165, 1.54) is 0 Å². The Morgan fingerprint density at radius 1 is 1.22 bits per heavy atom. The summed E-state index contributed by atoms with van der Waals surface area (Å²) in [4.78, 5) is 38.0. The van der Waals surface area contributed by atoms with Crippen molar-refractivity contribution in [3.05, 3.63) is 29.3 Å². The molecule has 0 aliphatic carbocycles. The van der Waals surface area contributed by atoms with Crippen molar-refractivity contribution in [2.24, 2.45) is 5.92 Å². The normalized spacial score (nSPS) is 28.2. The highest BCUT2D eigenvalue weighted by molar-refractivity contribution is 6.36. The zero-order valence-corrected chi connectivity index (χ0v) is 13.2. The number of carboxylic acid groups (broad SMARTS) is 1. The van der Waals surface area contributed by atoms with Crippen molar-refractivity contribution >= 4 is 35.1 Å². The van der Waals surface area contributed by atoms with E-state index in [2.05, 4.69) is 0 Å². The van der Waals surface area contributed by atoms with E-state index in [9.17, 15) is 19.5 Å². The van der Waals surface area contributed by atoms with Gasteiger partial charge in [0.25, 0.3) is 5.91 Å². The molecule has 0 bridgehead atoms. The molecule has 1 aromatic rings. The molecule has 2 aliphatic rings. The summed E-state index contributed by atoms with van der Waals surface area (Å²) < 4.78 is 0. The molecule has 7 heteroatoms. The Morgan fingerprint density at radius 3 is 2.48 bits per heavy atom. The van der Waals surface area contributed by atoms with Crippen molar-refractivity contribution in [1.82, 2.24) is 0 Å². The maximum Gasteiger partial charge on any atom is 0.292 e. The average Bonchev–Trinajstić information content (AvgIpc) is 2.83. The maximum absolute atomic E-state index is 12.7. The van der Waals surface area contributed by atoms with Crippen LogP contribution in [0.5, 0.6) is 0 Å². The van der Waals surface area contributed by atoms with Crippen LogP contribution in [0.15, 0.2) is 24.3 Å². The molecule has 0 aromatic heterocycles. The van der Waals surface area contributed by atoms with Gasteiger partial charge in [-0.2, -0.15) is 0 Å². The summed E-state index contributed by atoms with van der Waals surface area (Å²) in [5.74, 6) is -2.01. The number of piperidine rings is 1. The van der Waals surface area contributed by atoms with Crippen LogP contribution >= 0.6 is 11.6 Å². The van der Waals surface area contributed by atoms with Crippen molar-refractivity contribution in [3.63, 3.8) is 0 Å². The number of aliphatic carboxylic acids is 1. The summed E-state index contributed by atoms with van der Waals surface area (Å²) in [6.07, 6.45) is 1.08. The Morgan fingerprint density at radius 2 is 1.87 bits per heavy atom. The summed E-state index contributed by atoms with van der Waals surface area (Å²) in [6.45, 7) is 1.11. The molecule has 0 radical (unpaired) electrons. The molecule has 2 amide bonds. The van der Waals surface area contributed by atoms with E-state index in [0.717, 1.165) is 9.80 Å². The Bertz CT molecular complexity index is 655. The first-order chi connectivity index (χ1) is 11.0. The average molecular weight is 337 g/mol. The topological polar surface area (TPSA) is 81.9 Å². The SMILES string of the molecule is O=C([O-])C1CC[NH+]([C@H]2CC(=O)N(c3ccccc3Cl)C2=O)CC1. The van der Waals surface area contributed by atoms with Crippen LogP contribution in [0.3, 0.4) is 0 Å². The molecule has 2 heterocycles. The zero-order chi connectivity index (χ0) is 16.6. The first kappa shape index (κ1) is 16.0. The van der Waals surface area contributed by atoms with Crippen molar-refractivity contribution in [1.29, 1.82) is 0 Å². The second-order valence-corrected chi connectivity index (χ2v) is 6.43. The first-order valence-electron chi connectivity index (χ1n) is 7.66. The summed E-state index contributed by atoms with van der Waals surface area (Å²) in [7, 11) is 0. The Hall–Kier alpha value is -1.92. The van der Waals surface area contributed by atoms with E-state index >= 15 is 0 Å². The second kappa shape index (κ2) is 6.29. The molecule has 1 atom stereocenters. The number of carbonyl (C=O) groups excluding carboxylic acids is 3. The highest BCUT2D eigenvalue weighted by Crippen LogP contribution is 2.29. The largest absolute Gasteiger partial charge is 0.550 e. The molecule has 0 spiro atoms. The van der Waals surface area contributed by atoms with E-state index < -0.39 is 17.9 Å². The van der Waals surface area contributed by atoms with Crippen molar-refractivity contribution in [2.75, 3.05) is 18.0 Å².